The van der Waals surface area contributed by atoms with Crippen LogP contribution in [-0.2, 0) is 6.54 Å². The van der Waals surface area contributed by atoms with Gasteiger partial charge in [-0.1, -0.05) is 0 Å². The zero-order valence-electron chi connectivity index (χ0n) is 6.76. The van der Waals surface area contributed by atoms with E-state index in [1.807, 2.05) is 19.1 Å². The Hall–Kier alpha value is -0.850. The van der Waals surface area contributed by atoms with Crippen LogP contribution in [0.1, 0.15) is 16.7 Å². The average Bonchev–Trinajstić information content (AvgIpc) is 2.05. The van der Waals surface area contributed by atoms with Gasteiger partial charge in [0.15, 0.2) is 0 Å². The first-order chi connectivity index (χ1) is 5.69. The molecule has 0 fully saturated rings. The summed E-state index contributed by atoms with van der Waals surface area (Å²) in [5, 5.41) is 8.71. The van der Waals surface area contributed by atoms with Crippen molar-refractivity contribution >= 4 is 15.9 Å². The Bertz CT molecular complexity index is 339. The molecule has 3 heteroatoms. The molecular weight excluding hydrogens is 216 g/mol. The summed E-state index contributed by atoms with van der Waals surface area (Å²) in [6.45, 7) is 2.46. The molecule has 0 saturated heterocycles. The third-order valence-electron chi connectivity index (χ3n) is 1.77. The second-order valence-electron chi connectivity index (χ2n) is 2.57. The van der Waals surface area contributed by atoms with E-state index >= 15 is 0 Å². The molecule has 1 aromatic carbocycles. The number of nitrogens with zero attached hydrogens (tertiary/aromatic N) is 1. The van der Waals surface area contributed by atoms with Gasteiger partial charge in [0.2, 0.25) is 0 Å². The Morgan fingerprint density at radius 1 is 1.58 bits per heavy atom. The fraction of sp³-hybridized carbons (Fsp3) is 0.222. The van der Waals surface area contributed by atoms with E-state index in [0.29, 0.717) is 12.1 Å². The average molecular weight is 225 g/mol. The summed E-state index contributed by atoms with van der Waals surface area (Å²) in [7, 11) is 0. The molecule has 0 amide bonds. The van der Waals surface area contributed by atoms with E-state index in [4.69, 9.17) is 11.0 Å². The van der Waals surface area contributed by atoms with Gasteiger partial charge >= 0.3 is 0 Å². The molecule has 0 heterocycles. The summed E-state index contributed by atoms with van der Waals surface area (Å²) >= 11 is 3.31. The first-order valence-electron chi connectivity index (χ1n) is 3.58. The molecule has 2 N–H and O–H groups in total. The molecule has 0 aliphatic heterocycles. The first kappa shape index (κ1) is 9.24. The van der Waals surface area contributed by atoms with Crippen LogP contribution < -0.4 is 5.73 Å². The van der Waals surface area contributed by atoms with E-state index in [-0.39, 0.29) is 0 Å². The highest BCUT2D eigenvalue weighted by atomic mass is 79.9. The maximum atomic E-state index is 8.71. The SMILES string of the molecule is Cc1cc(Br)c(C#N)cc1CN. The van der Waals surface area contributed by atoms with Crippen LogP contribution in [0.25, 0.3) is 0 Å². The topological polar surface area (TPSA) is 49.8 Å². The molecule has 0 unspecified atom stereocenters. The largest absolute Gasteiger partial charge is 0.326 e. The molecule has 12 heavy (non-hydrogen) atoms. The number of halogens is 1. The highest BCUT2D eigenvalue weighted by Gasteiger charge is 2.02. The molecule has 1 aromatic rings. The van der Waals surface area contributed by atoms with Gasteiger partial charge in [-0.3, -0.25) is 0 Å². The van der Waals surface area contributed by atoms with Gasteiger partial charge < -0.3 is 5.73 Å². The molecule has 0 spiro atoms. The van der Waals surface area contributed by atoms with Crippen LogP contribution in [0.5, 0.6) is 0 Å². The van der Waals surface area contributed by atoms with E-state index in [0.717, 1.165) is 15.6 Å². The lowest BCUT2D eigenvalue weighted by Gasteiger charge is -2.04. The number of benzene rings is 1. The Labute approximate surface area is 80.1 Å². The fourth-order valence-corrected chi connectivity index (χ4v) is 1.57. The van der Waals surface area contributed by atoms with Gasteiger partial charge in [-0.15, -0.1) is 0 Å². The zero-order valence-corrected chi connectivity index (χ0v) is 8.35. The molecule has 0 radical (unpaired) electrons. The number of rotatable bonds is 1. The molecule has 0 bridgehead atoms. The van der Waals surface area contributed by atoms with Crippen molar-refractivity contribution in [2.45, 2.75) is 13.5 Å². The van der Waals surface area contributed by atoms with Crippen molar-refractivity contribution < 1.29 is 0 Å². The van der Waals surface area contributed by atoms with Crippen molar-refractivity contribution in [3.63, 3.8) is 0 Å². The Kier molecular flexibility index (Phi) is 2.85. The van der Waals surface area contributed by atoms with Crippen molar-refractivity contribution in [1.29, 1.82) is 5.26 Å². The number of hydrogen-bond acceptors (Lipinski definition) is 2. The number of nitrogens with two attached hydrogens (primary N) is 1. The van der Waals surface area contributed by atoms with E-state index < -0.39 is 0 Å². The summed E-state index contributed by atoms with van der Waals surface area (Å²) in [5.74, 6) is 0. The van der Waals surface area contributed by atoms with Gasteiger partial charge in [0.25, 0.3) is 0 Å². The monoisotopic (exact) mass is 224 g/mol. The maximum Gasteiger partial charge on any atom is 0.100 e. The van der Waals surface area contributed by atoms with E-state index in [1.54, 1.807) is 0 Å². The van der Waals surface area contributed by atoms with Crippen LogP contribution >= 0.6 is 15.9 Å². The summed E-state index contributed by atoms with van der Waals surface area (Å²) in [4.78, 5) is 0. The molecule has 62 valence electrons. The molecular formula is C9H9BrN2. The quantitative estimate of drug-likeness (QED) is 0.795. The van der Waals surface area contributed by atoms with Gasteiger partial charge in [0.1, 0.15) is 6.07 Å². The summed E-state index contributed by atoms with van der Waals surface area (Å²) in [6.07, 6.45) is 0. The van der Waals surface area contributed by atoms with Crippen LogP contribution in [-0.4, -0.2) is 0 Å². The third-order valence-corrected chi connectivity index (χ3v) is 2.42. The lowest BCUT2D eigenvalue weighted by Crippen LogP contribution is -1.99. The van der Waals surface area contributed by atoms with Crippen molar-refractivity contribution in [2.75, 3.05) is 0 Å². The first-order valence-corrected chi connectivity index (χ1v) is 4.37. The summed E-state index contributed by atoms with van der Waals surface area (Å²) in [5.41, 5.74) is 8.28. The minimum absolute atomic E-state index is 0.480. The van der Waals surface area contributed by atoms with Crippen molar-refractivity contribution in [3.05, 3.63) is 33.3 Å². The molecule has 0 aromatic heterocycles. The van der Waals surface area contributed by atoms with Gasteiger partial charge in [0, 0.05) is 11.0 Å². The number of aryl methyl sites for hydroxylation is 1. The molecule has 2 nitrogen and oxygen atoms in total. The summed E-state index contributed by atoms with van der Waals surface area (Å²) < 4.78 is 0.833. The Morgan fingerprint density at radius 2 is 2.25 bits per heavy atom. The third kappa shape index (κ3) is 1.66. The van der Waals surface area contributed by atoms with Gasteiger partial charge in [0.05, 0.1) is 5.56 Å². The molecule has 0 aliphatic rings. The fourth-order valence-electron chi connectivity index (χ4n) is 1.02. The van der Waals surface area contributed by atoms with E-state index in [2.05, 4.69) is 22.0 Å². The molecule has 0 aliphatic carbocycles. The second-order valence-corrected chi connectivity index (χ2v) is 3.43. The molecule has 0 atom stereocenters. The zero-order chi connectivity index (χ0) is 9.14. The standard InChI is InChI=1S/C9H9BrN2/c1-6-2-9(10)8(5-12)3-7(6)4-11/h2-3H,4,11H2,1H3. The van der Waals surface area contributed by atoms with Gasteiger partial charge in [-0.25, -0.2) is 0 Å². The van der Waals surface area contributed by atoms with Crippen LogP contribution in [0.2, 0.25) is 0 Å². The van der Waals surface area contributed by atoms with Gasteiger partial charge in [-0.2, -0.15) is 5.26 Å². The minimum Gasteiger partial charge on any atom is -0.326 e. The highest BCUT2D eigenvalue weighted by molar-refractivity contribution is 9.10. The summed E-state index contributed by atoms with van der Waals surface area (Å²) in [6, 6.07) is 5.83. The highest BCUT2D eigenvalue weighted by Crippen LogP contribution is 2.20. The van der Waals surface area contributed by atoms with Crippen LogP contribution in [0.3, 0.4) is 0 Å². The number of nitriles is 1. The molecule has 1 rings (SSSR count). The predicted molar refractivity (Wildman–Crippen MR) is 51.5 cm³/mol. The lowest BCUT2D eigenvalue weighted by molar-refractivity contribution is 1.05. The Balaban J connectivity index is 3.30. The van der Waals surface area contributed by atoms with Crippen molar-refractivity contribution in [3.8, 4) is 6.07 Å². The predicted octanol–water partition coefficient (Wildman–Crippen LogP) is 2.09. The van der Waals surface area contributed by atoms with Crippen molar-refractivity contribution in [1.82, 2.24) is 0 Å². The van der Waals surface area contributed by atoms with Crippen LogP contribution in [0, 0.1) is 18.3 Å². The normalized spacial score (nSPS) is 9.50. The van der Waals surface area contributed by atoms with Crippen LogP contribution in [0.15, 0.2) is 16.6 Å². The Morgan fingerprint density at radius 3 is 2.75 bits per heavy atom. The van der Waals surface area contributed by atoms with E-state index in [9.17, 15) is 0 Å². The molecule has 0 saturated carbocycles. The minimum atomic E-state index is 0.480. The second kappa shape index (κ2) is 3.70. The van der Waals surface area contributed by atoms with Crippen molar-refractivity contribution in [2.24, 2.45) is 5.73 Å². The van der Waals surface area contributed by atoms with Gasteiger partial charge in [-0.05, 0) is 46.1 Å². The number of hydrogen-bond donors (Lipinski definition) is 1. The lowest BCUT2D eigenvalue weighted by atomic mass is 10.1. The van der Waals surface area contributed by atoms with E-state index in [1.165, 1.54) is 0 Å². The maximum absolute atomic E-state index is 8.71. The smallest absolute Gasteiger partial charge is 0.100 e. The van der Waals surface area contributed by atoms with Crippen LogP contribution in [0.4, 0.5) is 0 Å².